The van der Waals surface area contributed by atoms with E-state index in [4.69, 9.17) is 11.6 Å². The van der Waals surface area contributed by atoms with Gasteiger partial charge in [0.25, 0.3) is 11.6 Å². The van der Waals surface area contributed by atoms with Gasteiger partial charge in [0.2, 0.25) is 0 Å². The molecule has 104 valence electrons. The summed E-state index contributed by atoms with van der Waals surface area (Å²) in [5.41, 5.74) is 0.561. The molecule has 0 aliphatic heterocycles. The van der Waals surface area contributed by atoms with Crippen LogP contribution in [0.1, 0.15) is 17.4 Å². The van der Waals surface area contributed by atoms with E-state index in [2.05, 4.69) is 10.3 Å². The number of nitrogens with zero attached hydrogens (tertiary/aromatic N) is 3. The second-order valence-corrected chi connectivity index (χ2v) is 4.34. The third-order valence-corrected chi connectivity index (χ3v) is 2.88. The fraction of sp³-hybridized carbons (Fsp3) is 0.167. The minimum Gasteiger partial charge on any atom is -0.337 e. The van der Waals surface area contributed by atoms with Gasteiger partial charge in [-0.1, -0.05) is 11.6 Å². The summed E-state index contributed by atoms with van der Waals surface area (Å²) < 4.78 is 1.51. The van der Waals surface area contributed by atoms with Crippen molar-refractivity contribution in [2.24, 2.45) is 0 Å². The Balaban J connectivity index is 2.24. The van der Waals surface area contributed by atoms with Crippen molar-refractivity contribution >= 4 is 28.9 Å². The fourth-order valence-corrected chi connectivity index (χ4v) is 1.80. The molecule has 1 N–H and O–H groups in total. The molecule has 0 atom stereocenters. The van der Waals surface area contributed by atoms with E-state index in [1.807, 2.05) is 0 Å². The van der Waals surface area contributed by atoms with Crippen molar-refractivity contribution in [1.82, 2.24) is 9.55 Å². The first-order valence-corrected chi connectivity index (χ1v) is 6.16. The zero-order chi connectivity index (χ0) is 14.7. The molecule has 0 saturated heterocycles. The van der Waals surface area contributed by atoms with E-state index >= 15 is 0 Å². The van der Waals surface area contributed by atoms with Gasteiger partial charge in [0.1, 0.15) is 10.8 Å². The Hall–Kier alpha value is -2.41. The van der Waals surface area contributed by atoms with Crippen LogP contribution < -0.4 is 5.32 Å². The number of aromatic nitrogens is 2. The van der Waals surface area contributed by atoms with Gasteiger partial charge in [-0.2, -0.15) is 0 Å². The fourth-order valence-electron chi connectivity index (χ4n) is 1.69. The van der Waals surface area contributed by atoms with Crippen LogP contribution in [0, 0.1) is 10.1 Å². The maximum absolute atomic E-state index is 12.1. The topological polar surface area (TPSA) is 90.1 Å². The molecule has 2 aromatic rings. The number of aryl methyl sites for hydroxylation is 1. The van der Waals surface area contributed by atoms with Crippen LogP contribution in [-0.2, 0) is 6.54 Å². The molecule has 0 aliphatic rings. The number of nitro groups is 1. The van der Waals surface area contributed by atoms with E-state index in [1.54, 1.807) is 19.1 Å². The van der Waals surface area contributed by atoms with Crippen molar-refractivity contribution in [2.75, 3.05) is 5.32 Å². The lowest BCUT2D eigenvalue weighted by atomic mass is 10.3. The van der Waals surface area contributed by atoms with Gasteiger partial charge in [0, 0.05) is 12.6 Å². The summed E-state index contributed by atoms with van der Waals surface area (Å²) in [6.07, 6.45) is 2.74. The van der Waals surface area contributed by atoms with Crippen LogP contribution in [0.15, 0.2) is 30.6 Å². The highest BCUT2D eigenvalue weighted by Gasteiger charge is 2.18. The molecule has 0 aliphatic carbocycles. The number of rotatable bonds is 4. The lowest BCUT2D eigenvalue weighted by Crippen LogP contribution is -2.16. The minimum absolute atomic E-state index is 0.119. The van der Waals surface area contributed by atoms with Gasteiger partial charge < -0.3 is 9.88 Å². The van der Waals surface area contributed by atoms with Crippen molar-refractivity contribution in [2.45, 2.75) is 13.5 Å². The molecular formula is C12H11ClN4O3. The first kappa shape index (κ1) is 14.0. The molecule has 0 saturated carbocycles. The molecule has 7 nitrogen and oxygen atoms in total. The van der Waals surface area contributed by atoms with E-state index in [0.717, 1.165) is 0 Å². The lowest BCUT2D eigenvalue weighted by Gasteiger charge is -2.06. The van der Waals surface area contributed by atoms with Crippen LogP contribution in [-0.4, -0.2) is 20.4 Å². The van der Waals surface area contributed by atoms with E-state index < -0.39 is 10.8 Å². The Morgan fingerprint density at radius 1 is 1.55 bits per heavy atom. The first-order valence-electron chi connectivity index (χ1n) is 5.78. The summed E-state index contributed by atoms with van der Waals surface area (Å²) in [7, 11) is 0. The molecule has 2 aromatic heterocycles. The smallest absolute Gasteiger partial charge is 0.287 e. The molecule has 8 heteroatoms. The van der Waals surface area contributed by atoms with Gasteiger partial charge in [0.15, 0.2) is 0 Å². The second-order valence-electron chi connectivity index (χ2n) is 3.95. The summed E-state index contributed by atoms with van der Waals surface area (Å²) in [6, 6.07) is 4.38. The zero-order valence-electron chi connectivity index (χ0n) is 10.5. The quantitative estimate of drug-likeness (QED) is 0.533. The molecule has 0 bridgehead atoms. The number of halogens is 1. The van der Waals surface area contributed by atoms with Crippen molar-refractivity contribution in [3.05, 3.63) is 51.6 Å². The molecule has 0 unspecified atom stereocenters. The number of hydrogen-bond acceptors (Lipinski definition) is 4. The highest BCUT2D eigenvalue weighted by Crippen LogP contribution is 2.18. The number of carbonyl (C=O) groups excluding carboxylic acids is 1. The number of amides is 1. The molecule has 2 rings (SSSR count). The number of hydrogen-bond donors (Lipinski definition) is 1. The third kappa shape index (κ3) is 2.94. The summed E-state index contributed by atoms with van der Waals surface area (Å²) in [5.74, 6) is -0.441. The molecule has 0 aromatic carbocycles. The van der Waals surface area contributed by atoms with Crippen LogP contribution in [0.5, 0.6) is 0 Å². The van der Waals surface area contributed by atoms with Crippen molar-refractivity contribution in [1.29, 1.82) is 0 Å². The summed E-state index contributed by atoms with van der Waals surface area (Å²) in [5, 5.41) is 13.7. The Bertz CT molecular complexity index is 651. The van der Waals surface area contributed by atoms with E-state index in [1.165, 1.54) is 23.0 Å². The SMILES string of the molecule is CCn1cc([N+](=O)[O-])cc1C(=O)Nc1ccc(Cl)nc1. The second kappa shape index (κ2) is 5.70. The van der Waals surface area contributed by atoms with Crippen molar-refractivity contribution in [3.63, 3.8) is 0 Å². The largest absolute Gasteiger partial charge is 0.337 e. The third-order valence-electron chi connectivity index (χ3n) is 2.65. The van der Waals surface area contributed by atoms with E-state index in [0.29, 0.717) is 17.4 Å². The Labute approximate surface area is 119 Å². The molecule has 0 fully saturated rings. The zero-order valence-corrected chi connectivity index (χ0v) is 11.3. The van der Waals surface area contributed by atoms with Gasteiger partial charge in [-0.25, -0.2) is 4.98 Å². The Morgan fingerprint density at radius 3 is 2.85 bits per heavy atom. The Kier molecular flexibility index (Phi) is 3.99. The van der Waals surface area contributed by atoms with Gasteiger partial charge in [0.05, 0.1) is 23.0 Å². The van der Waals surface area contributed by atoms with Crippen LogP contribution in [0.3, 0.4) is 0 Å². The maximum Gasteiger partial charge on any atom is 0.287 e. The molecule has 0 radical (unpaired) electrons. The van der Waals surface area contributed by atoms with Crippen LogP contribution in [0.2, 0.25) is 5.15 Å². The molecule has 20 heavy (non-hydrogen) atoms. The minimum atomic E-state index is -0.535. The number of pyridine rings is 1. The highest BCUT2D eigenvalue weighted by molar-refractivity contribution is 6.29. The van der Waals surface area contributed by atoms with Gasteiger partial charge in [-0.05, 0) is 19.1 Å². The molecular weight excluding hydrogens is 284 g/mol. The molecule has 2 heterocycles. The number of anilines is 1. The van der Waals surface area contributed by atoms with Crippen LogP contribution >= 0.6 is 11.6 Å². The predicted octanol–water partition coefficient (Wildman–Crippen LogP) is 2.72. The van der Waals surface area contributed by atoms with Crippen LogP contribution in [0.25, 0.3) is 0 Å². The summed E-state index contributed by atoms with van der Waals surface area (Å²) in [6.45, 7) is 2.25. The lowest BCUT2D eigenvalue weighted by molar-refractivity contribution is -0.384. The predicted molar refractivity (Wildman–Crippen MR) is 74.0 cm³/mol. The number of carbonyl (C=O) groups is 1. The first-order chi connectivity index (χ1) is 9.51. The standard InChI is InChI=1S/C12H11ClN4O3/c1-2-16-7-9(17(19)20)5-10(16)12(18)15-8-3-4-11(13)14-6-8/h3-7H,2H2,1H3,(H,15,18). The van der Waals surface area contributed by atoms with Crippen molar-refractivity contribution < 1.29 is 9.72 Å². The Morgan fingerprint density at radius 2 is 2.30 bits per heavy atom. The van der Waals surface area contributed by atoms with Gasteiger partial charge in [-0.15, -0.1) is 0 Å². The van der Waals surface area contributed by atoms with Crippen LogP contribution in [0.4, 0.5) is 11.4 Å². The summed E-state index contributed by atoms with van der Waals surface area (Å²) in [4.78, 5) is 26.1. The maximum atomic E-state index is 12.1. The average Bonchev–Trinajstić information content (AvgIpc) is 2.86. The summed E-state index contributed by atoms with van der Waals surface area (Å²) >= 11 is 5.65. The van der Waals surface area contributed by atoms with Gasteiger partial charge >= 0.3 is 0 Å². The van der Waals surface area contributed by atoms with E-state index in [9.17, 15) is 14.9 Å². The average molecular weight is 295 g/mol. The highest BCUT2D eigenvalue weighted by atomic mass is 35.5. The van der Waals surface area contributed by atoms with Gasteiger partial charge in [-0.3, -0.25) is 14.9 Å². The van der Waals surface area contributed by atoms with E-state index in [-0.39, 0.29) is 11.4 Å². The number of nitrogens with one attached hydrogen (secondary N) is 1. The van der Waals surface area contributed by atoms with Crippen molar-refractivity contribution in [3.8, 4) is 0 Å². The molecule has 0 spiro atoms. The monoisotopic (exact) mass is 294 g/mol. The molecule has 1 amide bonds. The normalized spacial score (nSPS) is 10.3.